The smallest absolute Gasteiger partial charge is 0.157 e. The summed E-state index contributed by atoms with van der Waals surface area (Å²) < 4.78 is 24.0. The van der Waals surface area contributed by atoms with Gasteiger partial charge in [-0.05, 0) is 122 Å². The third-order valence-electron chi connectivity index (χ3n) is 15.0. The zero-order chi connectivity index (χ0) is 37.5. The number of carbonyl (C=O) groups excluding carboxylic acids is 1. The SMILES string of the molecule is COc1c(C)cc2c3c(oc2c1C=O)[C@H](C)CC[C@H]1C(C)(C)CCC[C@]31C.COc1cc2oc3c(c2cc1C)[C@@]1(C)CCCC(C)(C)[C@@H]1CC[C@H]3C. The largest absolute Gasteiger partial charge is 0.496 e. The molecule has 0 spiro atoms. The van der Waals surface area contributed by atoms with E-state index in [9.17, 15) is 4.79 Å². The topological polar surface area (TPSA) is 61.8 Å². The number of ether oxygens (including phenoxy) is 2. The predicted octanol–water partition coefficient (Wildman–Crippen LogP) is 13.3. The zero-order valence-electron chi connectivity index (χ0n) is 34.2. The number of fused-ring (bicyclic) bond motifs is 10. The molecule has 0 saturated heterocycles. The van der Waals surface area contributed by atoms with Crippen LogP contribution in [0.1, 0.15) is 176 Å². The molecule has 2 saturated carbocycles. The van der Waals surface area contributed by atoms with Crippen LogP contribution >= 0.6 is 0 Å². The normalized spacial score (nSPS) is 30.5. The molecular weight excluding hydrogens is 645 g/mol. The summed E-state index contributed by atoms with van der Waals surface area (Å²) in [5.41, 5.74) is 8.40. The van der Waals surface area contributed by atoms with E-state index in [2.05, 4.69) is 80.5 Å². The molecule has 4 aromatic rings. The molecule has 0 unspecified atom stereocenters. The number of rotatable bonds is 3. The average Bonchev–Trinajstić information content (AvgIpc) is 3.59. The van der Waals surface area contributed by atoms with E-state index in [4.69, 9.17) is 18.3 Å². The Balaban J connectivity index is 0.000000162. The summed E-state index contributed by atoms with van der Waals surface area (Å²) in [6.45, 7) is 23.6. The van der Waals surface area contributed by atoms with Crippen LogP contribution in [0, 0.1) is 36.5 Å². The van der Waals surface area contributed by atoms with Crippen molar-refractivity contribution in [3.63, 3.8) is 0 Å². The molecule has 0 amide bonds. The number of aryl methyl sites for hydroxylation is 2. The van der Waals surface area contributed by atoms with Crippen molar-refractivity contribution in [1.29, 1.82) is 0 Å². The van der Waals surface area contributed by atoms with Gasteiger partial charge in [0.2, 0.25) is 0 Å². The Morgan fingerprint density at radius 3 is 1.71 bits per heavy atom. The van der Waals surface area contributed by atoms with Crippen molar-refractivity contribution in [3.05, 3.63) is 57.5 Å². The molecule has 4 aliphatic rings. The quantitative estimate of drug-likeness (QED) is 0.198. The molecule has 0 radical (unpaired) electrons. The van der Waals surface area contributed by atoms with Crippen LogP contribution in [0.4, 0.5) is 0 Å². The first-order chi connectivity index (χ1) is 24.5. The summed E-state index contributed by atoms with van der Waals surface area (Å²) in [5, 5.41) is 2.46. The van der Waals surface area contributed by atoms with Crippen molar-refractivity contribution in [2.75, 3.05) is 14.2 Å². The Kier molecular flexibility index (Phi) is 9.26. The van der Waals surface area contributed by atoms with E-state index in [1.54, 1.807) is 14.2 Å². The van der Waals surface area contributed by atoms with Gasteiger partial charge in [-0.1, -0.05) is 68.2 Å². The van der Waals surface area contributed by atoms with Gasteiger partial charge in [-0.15, -0.1) is 0 Å². The van der Waals surface area contributed by atoms with Gasteiger partial charge in [0.25, 0.3) is 0 Å². The van der Waals surface area contributed by atoms with Crippen LogP contribution in [0.25, 0.3) is 21.9 Å². The number of benzene rings is 2. The molecule has 52 heavy (non-hydrogen) atoms. The minimum absolute atomic E-state index is 0.0915. The highest BCUT2D eigenvalue weighted by atomic mass is 16.5. The highest BCUT2D eigenvalue weighted by Gasteiger charge is 2.53. The average molecular weight is 709 g/mol. The van der Waals surface area contributed by atoms with Crippen molar-refractivity contribution in [1.82, 2.24) is 0 Å². The summed E-state index contributed by atoms with van der Waals surface area (Å²) in [6, 6.07) is 6.59. The van der Waals surface area contributed by atoms with Gasteiger partial charge in [0, 0.05) is 39.8 Å². The summed E-state index contributed by atoms with van der Waals surface area (Å²) in [7, 11) is 3.37. The monoisotopic (exact) mass is 708 g/mol. The van der Waals surface area contributed by atoms with Gasteiger partial charge in [-0.25, -0.2) is 0 Å². The highest BCUT2D eigenvalue weighted by Crippen LogP contribution is 2.61. The Labute approximate surface area is 312 Å². The fraction of sp³-hybridized carbons (Fsp3) is 0.638. The first-order valence-corrected chi connectivity index (χ1v) is 20.2. The minimum Gasteiger partial charge on any atom is -0.496 e. The second kappa shape index (κ2) is 13.0. The van der Waals surface area contributed by atoms with Gasteiger partial charge in [0.15, 0.2) is 6.29 Å². The van der Waals surface area contributed by atoms with Gasteiger partial charge < -0.3 is 18.3 Å². The lowest BCUT2D eigenvalue weighted by Gasteiger charge is -2.50. The van der Waals surface area contributed by atoms with E-state index < -0.39 is 0 Å². The summed E-state index contributed by atoms with van der Waals surface area (Å²) in [5.74, 6) is 6.12. The molecule has 0 aliphatic heterocycles. The molecule has 5 nitrogen and oxygen atoms in total. The maximum absolute atomic E-state index is 11.9. The van der Waals surface area contributed by atoms with E-state index in [1.165, 1.54) is 85.6 Å². The third-order valence-corrected chi connectivity index (χ3v) is 15.0. The van der Waals surface area contributed by atoms with E-state index in [-0.39, 0.29) is 10.8 Å². The number of methoxy groups -OCH3 is 2. The molecule has 5 heteroatoms. The van der Waals surface area contributed by atoms with E-state index in [0.29, 0.717) is 39.9 Å². The van der Waals surface area contributed by atoms with Crippen molar-refractivity contribution >= 4 is 28.2 Å². The highest BCUT2D eigenvalue weighted by molar-refractivity contribution is 6.01. The van der Waals surface area contributed by atoms with Crippen LogP contribution in [0.2, 0.25) is 0 Å². The lowest BCUT2D eigenvalue weighted by atomic mass is 9.53. The van der Waals surface area contributed by atoms with Crippen LogP contribution in [0.3, 0.4) is 0 Å². The second-order valence-electron chi connectivity index (χ2n) is 19.2. The second-order valence-corrected chi connectivity index (χ2v) is 19.2. The van der Waals surface area contributed by atoms with Crippen LogP contribution in [-0.4, -0.2) is 20.5 Å². The summed E-state index contributed by atoms with van der Waals surface area (Å²) >= 11 is 0. The van der Waals surface area contributed by atoms with Crippen molar-refractivity contribution in [2.24, 2.45) is 22.7 Å². The fourth-order valence-corrected chi connectivity index (χ4v) is 12.5. The van der Waals surface area contributed by atoms with Gasteiger partial charge >= 0.3 is 0 Å². The van der Waals surface area contributed by atoms with E-state index >= 15 is 0 Å². The molecule has 0 N–H and O–H groups in total. The standard InChI is InChI=1S/C24H32O3.C23H32O2/c1-14-8-9-18-23(3,4)10-7-11-24(18,5)19-16-12-15(2)20(26-6)17(13-25)22(16)27-21(14)19;1-14-8-9-19-22(3,4)10-7-11-23(19,5)20-16-12-15(2)17(24-6)13-18(16)25-21(14)20/h12-14,18H,7-11H2,1-6H3;12-14,19H,7-11H2,1-6H3/t14-,18+,24+;14-,19+,23+/m11/s1. The number of furan rings is 2. The molecular formula is C47H64O5. The summed E-state index contributed by atoms with van der Waals surface area (Å²) in [4.78, 5) is 11.9. The van der Waals surface area contributed by atoms with Crippen molar-refractivity contribution < 1.29 is 23.1 Å². The van der Waals surface area contributed by atoms with Gasteiger partial charge in [-0.3, -0.25) is 4.79 Å². The Morgan fingerprint density at radius 1 is 0.673 bits per heavy atom. The molecule has 8 rings (SSSR count). The number of hydrogen-bond donors (Lipinski definition) is 0. The number of carbonyl (C=O) groups is 1. The number of aldehydes is 1. The Bertz CT molecular complexity index is 2010. The van der Waals surface area contributed by atoms with Crippen LogP contribution < -0.4 is 9.47 Å². The molecule has 2 fully saturated rings. The maximum atomic E-state index is 11.9. The molecule has 4 aliphatic carbocycles. The molecule has 2 aromatic heterocycles. The zero-order valence-corrected chi connectivity index (χ0v) is 34.2. The Hall–Kier alpha value is -3.21. The maximum Gasteiger partial charge on any atom is 0.157 e. The molecule has 2 heterocycles. The Morgan fingerprint density at radius 2 is 1.19 bits per heavy atom. The van der Waals surface area contributed by atoms with Crippen LogP contribution in [0.15, 0.2) is 27.0 Å². The third kappa shape index (κ3) is 5.56. The van der Waals surface area contributed by atoms with Crippen LogP contribution in [-0.2, 0) is 10.8 Å². The predicted molar refractivity (Wildman–Crippen MR) is 213 cm³/mol. The van der Waals surface area contributed by atoms with Gasteiger partial charge in [-0.2, -0.15) is 0 Å². The van der Waals surface area contributed by atoms with E-state index in [0.717, 1.165) is 52.3 Å². The molecule has 0 bridgehead atoms. The van der Waals surface area contributed by atoms with Crippen molar-refractivity contribution in [3.8, 4) is 11.5 Å². The molecule has 282 valence electrons. The fourth-order valence-electron chi connectivity index (χ4n) is 12.5. The minimum atomic E-state index is 0.0915. The van der Waals surface area contributed by atoms with Gasteiger partial charge in [0.05, 0.1) is 19.8 Å². The van der Waals surface area contributed by atoms with Crippen molar-refractivity contribution in [2.45, 2.75) is 156 Å². The summed E-state index contributed by atoms with van der Waals surface area (Å²) in [6.07, 6.45) is 13.5. The lowest BCUT2D eigenvalue weighted by molar-refractivity contribution is 0.0502. The first-order valence-electron chi connectivity index (χ1n) is 20.2. The molecule has 2 aromatic carbocycles. The van der Waals surface area contributed by atoms with Gasteiger partial charge in [0.1, 0.15) is 34.2 Å². The number of hydrogen-bond acceptors (Lipinski definition) is 5. The lowest BCUT2D eigenvalue weighted by Crippen LogP contribution is -2.44. The van der Waals surface area contributed by atoms with E-state index in [1.807, 2.05) is 6.92 Å². The van der Waals surface area contributed by atoms with Crippen LogP contribution in [0.5, 0.6) is 11.5 Å². The molecule has 6 atom stereocenters. The first kappa shape index (κ1) is 37.1.